The summed E-state index contributed by atoms with van der Waals surface area (Å²) < 4.78 is 5.89. The summed E-state index contributed by atoms with van der Waals surface area (Å²) in [6.45, 7) is 5.82. The predicted octanol–water partition coefficient (Wildman–Crippen LogP) is 2.82. The third-order valence-electron chi connectivity index (χ3n) is 4.18. The number of carbonyl (C=O) groups is 1. The monoisotopic (exact) mass is 357 g/mol. The summed E-state index contributed by atoms with van der Waals surface area (Å²) >= 11 is 1.62. The Hall–Kier alpha value is -2.18. The van der Waals surface area contributed by atoms with Crippen molar-refractivity contribution in [2.24, 2.45) is 0 Å². The van der Waals surface area contributed by atoms with Gasteiger partial charge in [-0.3, -0.25) is 4.79 Å². The molecule has 6 heteroatoms. The van der Waals surface area contributed by atoms with Gasteiger partial charge in [-0.2, -0.15) is 0 Å². The Labute approximate surface area is 152 Å². The predicted molar refractivity (Wildman–Crippen MR) is 101 cm³/mol. The van der Waals surface area contributed by atoms with E-state index in [0.29, 0.717) is 6.61 Å². The molecule has 1 aromatic carbocycles. The molecular formula is C19H23N3O2S. The summed E-state index contributed by atoms with van der Waals surface area (Å²) in [7, 11) is 2.08. The molecule has 25 heavy (non-hydrogen) atoms. The number of thiazole rings is 1. The molecule has 1 amide bonds. The molecule has 2 heterocycles. The topological polar surface area (TPSA) is 45.7 Å². The van der Waals surface area contributed by atoms with Gasteiger partial charge in [0.1, 0.15) is 12.4 Å². The molecule has 2 aromatic rings. The number of nitrogens with zero attached hydrogens (tertiary/aromatic N) is 3. The van der Waals surface area contributed by atoms with Crippen LogP contribution in [0, 0.1) is 6.92 Å². The van der Waals surface area contributed by atoms with Crippen LogP contribution in [0.4, 0.5) is 0 Å². The van der Waals surface area contributed by atoms with E-state index in [9.17, 15) is 4.79 Å². The molecule has 1 saturated heterocycles. The molecule has 1 aromatic heterocycles. The number of para-hydroxylation sites is 1. The Morgan fingerprint density at radius 2 is 2.04 bits per heavy atom. The maximum atomic E-state index is 12.3. The van der Waals surface area contributed by atoms with Gasteiger partial charge >= 0.3 is 0 Å². The Kier molecular flexibility index (Phi) is 5.83. The average Bonchev–Trinajstić information content (AvgIpc) is 3.04. The summed E-state index contributed by atoms with van der Waals surface area (Å²) in [5.41, 5.74) is 1.83. The summed E-state index contributed by atoms with van der Waals surface area (Å²) in [5, 5.41) is 3.04. The molecule has 1 aliphatic heterocycles. The van der Waals surface area contributed by atoms with Gasteiger partial charge in [-0.15, -0.1) is 11.3 Å². The van der Waals surface area contributed by atoms with Crippen molar-refractivity contribution in [2.45, 2.75) is 13.5 Å². The number of amides is 1. The highest BCUT2D eigenvalue weighted by Crippen LogP contribution is 2.21. The lowest BCUT2D eigenvalue weighted by Gasteiger charge is -2.31. The van der Waals surface area contributed by atoms with Gasteiger partial charge in [0.25, 0.3) is 0 Å². The van der Waals surface area contributed by atoms with E-state index >= 15 is 0 Å². The van der Waals surface area contributed by atoms with Gasteiger partial charge in [0.05, 0.1) is 10.7 Å². The van der Waals surface area contributed by atoms with Gasteiger partial charge in [-0.25, -0.2) is 4.98 Å². The van der Waals surface area contributed by atoms with Crippen molar-refractivity contribution in [1.29, 1.82) is 0 Å². The van der Waals surface area contributed by atoms with Gasteiger partial charge in [0, 0.05) is 43.2 Å². The van der Waals surface area contributed by atoms with Crippen molar-refractivity contribution in [3.05, 3.63) is 52.0 Å². The molecule has 1 aliphatic rings. The Morgan fingerprint density at radius 1 is 1.28 bits per heavy atom. The van der Waals surface area contributed by atoms with Crippen molar-refractivity contribution >= 4 is 23.3 Å². The fourth-order valence-electron chi connectivity index (χ4n) is 2.67. The van der Waals surface area contributed by atoms with E-state index in [4.69, 9.17) is 4.74 Å². The molecule has 0 unspecified atom stereocenters. The smallest absolute Gasteiger partial charge is 0.246 e. The van der Waals surface area contributed by atoms with E-state index in [2.05, 4.69) is 16.9 Å². The van der Waals surface area contributed by atoms with Crippen molar-refractivity contribution in [3.8, 4) is 5.75 Å². The minimum Gasteiger partial charge on any atom is -0.487 e. The SMILES string of the molecule is Cc1nc(COc2ccccc2/C=C/C(=O)N2CCN(C)CC2)cs1. The van der Waals surface area contributed by atoms with E-state index < -0.39 is 0 Å². The van der Waals surface area contributed by atoms with Crippen molar-refractivity contribution in [1.82, 2.24) is 14.8 Å². The van der Waals surface area contributed by atoms with Crippen LogP contribution in [0.25, 0.3) is 6.08 Å². The van der Waals surface area contributed by atoms with Crippen LogP contribution in [0.1, 0.15) is 16.3 Å². The number of aromatic nitrogens is 1. The molecule has 3 rings (SSSR count). The van der Waals surface area contributed by atoms with Crippen LogP contribution in [0.5, 0.6) is 5.75 Å². The number of ether oxygens (including phenoxy) is 1. The fourth-order valence-corrected chi connectivity index (χ4v) is 3.27. The summed E-state index contributed by atoms with van der Waals surface area (Å²) in [6.07, 6.45) is 3.47. The standard InChI is InChI=1S/C19H23N3O2S/c1-15-20-17(14-25-15)13-24-18-6-4-3-5-16(18)7-8-19(23)22-11-9-21(2)10-12-22/h3-8,14H,9-13H2,1-2H3/b8-7+. The van der Waals surface area contributed by atoms with Crippen LogP contribution >= 0.6 is 11.3 Å². The first-order valence-corrected chi connectivity index (χ1v) is 9.28. The second-order valence-corrected chi connectivity index (χ2v) is 7.21. The zero-order valence-electron chi connectivity index (χ0n) is 14.6. The lowest BCUT2D eigenvalue weighted by molar-refractivity contribution is -0.127. The number of likely N-dealkylation sites (N-methyl/N-ethyl adjacent to an activating group) is 1. The van der Waals surface area contributed by atoms with E-state index in [1.54, 1.807) is 17.4 Å². The number of benzene rings is 1. The van der Waals surface area contributed by atoms with Gasteiger partial charge in [-0.05, 0) is 26.1 Å². The van der Waals surface area contributed by atoms with Crippen LogP contribution < -0.4 is 4.74 Å². The van der Waals surface area contributed by atoms with E-state index in [-0.39, 0.29) is 5.91 Å². The third-order valence-corrected chi connectivity index (χ3v) is 5.00. The summed E-state index contributed by atoms with van der Waals surface area (Å²) in [5.74, 6) is 0.814. The maximum absolute atomic E-state index is 12.3. The zero-order valence-corrected chi connectivity index (χ0v) is 15.5. The van der Waals surface area contributed by atoms with Crippen molar-refractivity contribution < 1.29 is 9.53 Å². The van der Waals surface area contributed by atoms with Gasteiger partial charge < -0.3 is 14.5 Å². The first kappa shape index (κ1) is 17.6. The van der Waals surface area contributed by atoms with E-state index in [1.807, 2.05) is 47.5 Å². The van der Waals surface area contributed by atoms with Crippen LogP contribution in [-0.4, -0.2) is 53.9 Å². The fraction of sp³-hybridized carbons (Fsp3) is 0.368. The molecule has 0 bridgehead atoms. The number of hydrogen-bond acceptors (Lipinski definition) is 5. The highest BCUT2D eigenvalue weighted by atomic mass is 32.1. The summed E-state index contributed by atoms with van der Waals surface area (Å²) in [4.78, 5) is 20.9. The number of aryl methyl sites for hydroxylation is 1. The van der Waals surface area contributed by atoms with Gasteiger partial charge in [0.15, 0.2) is 0 Å². The Balaban J connectivity index is 1.62. The minimum absolute atomic E-state index is 0.0537. The average molecular weight is 357 g/mol. The van der Waals surface area contributed by atoms with Gasteiger partial charge in [0.2, 0.25) is 5.91 Å². The number of piperazine rings is 1. The second-order valence-electron chi connectivity index (χ2n) is 6.15. The van der Waals surface area contributed by atoms with Crippen LogP contribution in [0.3, 0.4) is 0 Å². The van der Waals surface area contributed by atoms with Gasteiger partial charge in [-0.1, -0.05) is 18.2 Å². The zero-order chi connectivity index (χ0) is 17.6. The Morgan fingerprint density at radius 3 is 2.76 bits per heavy atom. The molecule has 0 aliphatic carbocycles. The lowest BCUT2D eigenvalue weighted by Crippen LogP contribution is -2.46. The van der Waals surface area contributed by atoms with E-state index in [0.717, 1.165) is 48.2 Å². The molecule has 0 N–H and O–H groups in total. The molecule has 0 atom stereocenters. The normalized spacial score (nSPS) is 15.7. The first-order chi connectivity index (χ1) is 12.1. The highest BCUT2D eigenvalue weighted by molar-refractivity contribution is 7.09. The maximum Gasteiger partial charge on any atom is 0.246 e. The Bertz CT molecular complexity index is 749. The van der Waals surface area contributed by atoms with Crippen LogP contribution in [0.15, 0.2) is 35.7 Å². The molecular weight excluding hydrogens is 334 g/mol. The molecule has 5 nitrogen and oxygen atoms in total. The largest absolute Gasteiger partial charge is 0.487 e. The lowest BCUT2D eigenvalue weighted by atomic mass is 10.2. The second kappa shape index (κ2) is 8.27. The van der Waals surface area contributed by atoms with E-state index in [1.165, 1.54) is 0 Å². The molecule has 1 fully saturated rings. The molecule has 0 saturated carbocycles. The number of carbonyl (C=O) groups excluding carboxylic acids is 1. The molecule has 0 spiro atoms. The highest BCUT2D eigenvalue weighted by Gasteiger charge is 2.16. The molecule has 132 valence electrons. The van der Waals surface area contributed by atoms with Crippen LogP contribution in [0.2, 0.25) is 0 Å². The van der Waals surface area contributed by atoms with Crippen LogP contribution in [-0.2, 0) is 11.4 Å². The summed E-state index contributed by atoms with van der Waals surface area (Å²) in [6, 6.07) is 7.75. The molecule has 0 radical (unpaired) electrons. The van der Waals surface area contributed by atoms with Crippen molar-refractivity contribution in [3.63, 3.8) is 0 Å². The van der Waals surface area contributed by atoms with Crippen molar-refractivity contribution in [2.75, 3.05) is 33.2 Å². The number of hydrogen-bond donors (Lipinski definition) is 0. The minimum atomic E-state index is 0.0537. The number of rotatable bonds is 5. The third kappa shape index (κ3) is 4.90. The first-order valence-electron chi connectivity index (χ1n) is 8.40. The quantitative estimate of drug-likeness (QED) is 0.772.